The number of aliphatic hydroxyl groups excluding tert-OH is 2. The minimum absolute atomic E-state index is 0.211. The first kappa shape index (κ1) is 14.0. The Hall–Kier alpha value is -1.10. The highest BCUT2D eigenvalue weighted by Gasteiger charge is 2.06. The van der Waals surface area contributed by atoms with Gasteiger partial charge in [-0.2, -0.15) is 0 Å². The lowest BCUT2D eigenvalue weighted by Crippen LogP contribution is -2.35. The average Bonchev–Trinajstić information content (AvgIpc) is 2.35. The van der Waals surface area contributed by atoms with Gasteiger partial charge in [-0.3, -0.25) is 0 Å². The zero-order valence-electron chi connectivity index (χ0n) is 10.1. The zero-order chi connectivity index (χ0) is 12.7. The van der Waals surface area contributed by atoms with Crippen LogP contribution >= 0.6 is 0 Å². The van der Waals surface area contributed by atoms with Gasteiger partial charge in [0.15, 0.2) is 0 Å². The van der Waals surface area contributed by atoms with Crippen molar-refractivity contribution in [2.24, 2.45) is 0 Å². The summed E-state index contributed by atoms with van der Waals surface area (Å²) in [4.78, 5) is 0. The van der Waals surface area contributed by atoms with Gasteiger partial charge in [0.2, 0.25) is 0 Å². The molecule has 0 heterocycles. The highest BCUT2D eigenvalue weighted by atomic mass is 16.3. The molecule has 0 aliphatic heterocycles. The first-order chi connectivity index (χ1) is 8.11. The smallest absolute Gasteiger partial charge is 0.115 e. The van der Waals surface area contributed by atoms with Crippen LogP contribution < -0.4 is 5.32 Å². The number of rotatable bonds is 7. The number of hydrogen-bond acceptors (Lipinski definition) is 4. The number of nitrogens with one attached hydrogen (secondary N) is 1. The summed E-state index contributed by atoms with van der Waals surface area (Å²) in [6.45, 7) is 2.25. The van der Waals surface area contributed by atoms with Crippen LogP contribution in [0.4, 0.5) is 0 Å². The minimum Gasteiger partial charge on any atom is -0.508 e. The van der Waals surface area contributed by atoms with E-state index in [4.69, 9.17) is 10.2 Å². The minimum atomic E-state index is -0.689. The molecule has 0 aliphatic rings. The Bertz CT molecular complexity index is 313. The van der Waals surface area contributed by atoms with Gasteiger partial charge in [-0.25, -0.2) is 0 Å². The van der Waals surface area contributed by atoms with Gasteiger partial charge in [0, 0.05) is 12.6 Å². The Morgan fingerprint density at radius 3 is 2.47 bits per heavy atom. The predicted octanol–water partition coefficient (Wildman–Crippen LogP) is 0.656. The maximum atomic E-state index is 9.18. The molecule has 4 heteroatoms. The molecule has 1 rings (SSSR count). The molecular formula is C13H21NO3. The van der Waals surface area contributed by atoms with Gasteiger partial charge < -0.3 is 20.6 Å². The number of aromatic hydroxyl groups is 1. The monoisotopic (exact) mass is 239 g/mol. The molecule has 0 amide bonds. The molecule has 0 saturated heterocycles. The molecule has 0 aliphatic carbocycles. The summed E-state index contributed by atoms with van der Waals surface area (Å²) in [6.07, 6.45) is 1.18. The average molecular weight is 239 g/mol. The number of hydrogen-bond donors (Lipinski definition) is 4. The van der Waals surface area contributed by atoms with Gasteiger partial charge in [0.05, 0.1) is 12.7 Å². The molecule has 2 unspecified atom stereocenters. The van der Waals surface area contributed by atoms with E-state index >= 15 is 0 Å². The topological polar surface area (TPSA) is 72.7 Å². The molecule has 17 heavy (non-hydrogen) atoms. The fourth-order valence-corrected chi connectivity index (χ4v) is 1.55. The SMILES string of the molecule is CC(CCc1ccc(O)cc1)NCC(O)CO. The maximum Gasteiger partial charge on any atom is 0.115 e. The normalized spacial score (nSPS) is 14.5. The standard InChI is InChI=1S/C13H21NO3/c1-10(14-8-13(17)9-15)2-3-11-4-6-12(16)7-5-11/h4-7,10,13-17H,2-3,8-9H2,1H3. The van der Waals surface area contributed by atoms with Gasteiger partial charge in [-0.1, -0.05) is 12.1 Å². The van der Waals surface area contributed by atoms with E-state index in [0.717, 1.165) is 12.8 Å². The van der Waals surface area contributed by atoms with Crippen LogP contribution in [-0.2, 0) is 6.42 Å². The van der Waals surface area contributed by atoms with Crippen LogP contribution in [0.5, 0.6) is 5.75 Å². The Morgan fingerprint density at radius 2 is 1.88 bits per heavy atom. The molecule has 0 bridgehead atoms. The van der Waals surface area contributed by atoms with E-state index in [2.05, 4.69) is 5.32 Å². The Balaban J connectivity index is 2.23. The second kappa shape index (κ2) is 7.27. The number of phenolic OH excluding ortho intramolecular Hbond substituents is 1. The Labute approximate surface area is 102 Å². The molecule has 2 atom stereocenters. The van der Waals surface area contributed by atoms with Gasteiger partial charge in [0.25, 0.3) is 0 Å². The third kappa shape index (κ3) is 5.68. The van der Waals surface area contributed by atoms with Crippen molar-refractivity contribution in [3.05, 3.63) is 29.8 Å². The van der Waals surface area contributed by atoms with E-state index in [1.54, 1.807) is 12.1 Å². The highest BCUT2D eigenvalue weighted by Crippen LogP contribution is 2.11. The largest absolute Gasteiger partial charge is 0.508 e. The Kier molecular flexibility index (Phi) is 5.97. The Morgan fingerprint density at radius 1 is 1.24 bits per heavy atom. The van der Waals surface area contributed by atoms with E-state index in [9.17, 15) is 5.11 Å². The zero-order valence-corrected chi connectivity index (χ0v) is 10.1. The third-order valence-corrected chi connectivity index (χ3v) is 2.72. The van der Waals surface area contributed by atoms with Gasteiger partial charge >= 0.3 is 0 Å². The molecule has 0 fully saturated rings. The van der Waals surface area contributed by atoms with Gasteiger partial charge in [0.1, 0.15) is 5.75 Å². The predicted molar refractivity (Wildman–Crippen MR) is 67.0 cm³/mol. The number of phenols is 1. The number of aliphatic hydroxyl groups is 2. The lowest BCUT2D eigenvalue weighted by atomic mass is 10.1. The summed E-state index contributed by atoms with van der Waals surface area (Å²) in [7, 11) is 0. The van der Waals surface area contributed by atoms with Crippen LogP contribution in [0.2, 0.25) is 0 Å². The van der Waals surface area contributed by atoms with Gasteiger partial charge in [-0.05, 0) is 37.5 Å². The molecule has 4 N–H and O–H groups in total. The van der Waals surface area contributed by atoms with Crippen molar-refractivity contribution in [2.45, 2.75) is 31.9 Å². The van der Waals surface area contributed by atoms with Crippen molar-refractivity contribution < 1.29 is 15.3 Å². The van der Waals surface area contributed by atoms with Crippen LogP contribution in [0.25, 0.3) is 0 Å². The quantitative estimate of drug-likeness (QED) is 0.564. The summed E-state index contributed by atoms with van der Waals surface area (Å²) in [5.74, 6) is 0.283. The second-order valence-electron chi connectivity index (χ2n) is 4.35. The second-order valence-corrected chi connectivity index (χ2v) is 4.35. The number of benzene rings is 1. The molecule has 0 spiro atoms. The van der Waals surface area contributed by atoms with Gasteiger partial charge in [-0.15, -0.1) is 0 Å². The maximum absolute atomic E-state index is 9.18. The van der Waals surface area contributed by atoms with Crippen LogP contribution in [0, 0.1) is 0 Å². The molecular weight excluding hydrogens is 218 g/mol. The first-order valence-corrected chi connectivity index (χ1v) is 5.92. The van der Waals surface area contributed by atoms with Crippen molar-refractivity contribution in [1.29, 1.82) is 0 Å². The molecule has 0 aromatic heterocycles. The van der Waals surface area contributed by atoms with Crippen molar-refractivity contribution in [1.82, 2.24) is 5.32 Å². The summed E-state index contributed by atoms with van der Waals surface area (Å²) < 4.78 is 0. The fourth-order valence-electron chi connectivity index (χ4n) is 1.55. The molecule has 4 nitrogen and oxygen atoms in total. The first-order valence-electron chi connectivity index (χ1n) is 5.92. The van der Waals surface area contributed by atoms with Crippen LogP contribution in [0.3, 0.4) is 0 Å². The molecule has 1 aromatic carbocycles. The fraction of sp³-hybridized carbons (Fsp3) is 0.538. The van der Waals surface area contributed by atoms with Crippen molar-refractivity contribution in [2.75, 3.05) is 13.2 Å². The number of aryl methyl sites for hydroxylation is 1. The summed E-state index contributed by atoms with van der Waals surface area (Å²) in [6, 6.07) is 7.46. The summed E-state index contributed by atoms with van der Waals surface area (Å²) in [5.41, 5.74) is 1.18. The molecule has 0 radical (unpaired) electrons. The van der Waals surface area contributed by atoms with E-state index < -0.39 is 6.10 Å². The van der Waals surface area contributed by atoms with Crippen molar-refractivity contribution in [3.63, 3.8) is 0 Å². The summed E-state index contributed by atoms with van der Waals surface area (Å²) >= 11 is 0. The van der Waals surface area contributed by atoms with E-state index in [1.807, 2.05) is 19.1 Å². The van der Waals surface area contributed by atoms with E-state index in [1.165, 1.54) is 5.56 Å². The van der Waals surface area contributed by atoms with Crippen molar-refractivity contribution >= 4 is 0 Å². The molecule has 96 valence electrons. The van der Waals surface area contributed by atoms with E-state index in [0.29, 0.717) is 6.54 Å². The molecule has 1 aromatic rings. The van der Waals surface area contributed by atoms with Crippen molar-refractivity contribution in [3.8, 4) is 5.75 Å². The highest BCUT2D eigenvalue weighted by molar-refractivity contribution is 5.25. The lowest BCUT2D eigenvalue weighted by Gasteiger charge is -2.15. The van der Waals surface area contributed by atoms with Crippen LogP contribution in [0.15, 0.2) is 24.3 Å². The van der Waals surface area contributed by atoms with E-state index in [-0.39, 0.29) is 18.4 Å². The third-order valence-electron chi connectivity index (χ3n) is 2.72. The lowest BCUT2D eigenvalue weighted by molar-refractivity contribution is 0.0921. The molecule has 0 saturated carbocycles. The summed E-state index contributed by atoms with van der Waals surface area (Å²) in [5, 5.41) is 30.1. The van der Waals surface area contributed by atoms with Crippen LogP contribution in [0.1, 0.15) is 18.9 Å². The van der Waals surface area contributed by atoms with Crippen LogP contribution in [-0.4, -0.2) is 40.6 Å².